The maximum absolute atomic E-state index is 9.73. The molecule has 1 aliphatic rings. The van der Waals surface area contributed by atoms with Gasteiger partial charge in [-0.2, -0.15) is 0 Å². The fraction of sp³-hybridized carbons (Fsp3) is 0.571. The summed E-state index contributed by atoms with van der Waals surface area (Å²) in [6.07, 6.45) is -0.275. The summed E-state index contributed by atoms with van der Waals surface area (Å²) in [5, 5.41) is 16.8. The van der Waals surface area contributed by atoms with E-state index in [1.807, 2.05) is 12.1 Å². The van der Waals surface area contributed by atoms with E-state index in [-0.39, 0.29) is 24.4 Å². The van der Waals surface area contributed by atoms with E-state index in [2.05, 4.69) is 10.6 Å². The molecule has 2 unspecified atom stereocenters. The van der Waals surface area contributed by atoms with E-state index >= 15 is 0 Å². The van der Waals surface area contributed by atoms with Gasteiger partial charge >= 0.3 is 0 Å². The van der Waals surface area contributed by atoms with Crippen molar-refractivity contribution < 1.29 is 14.6 Å². The maximum Gasteiger partial charge on any atom is 0.179 e. The van der Waals surface area contributed by atoms with E-state index in [9.17, 15) is 5.11 Å². The number of aliphatic hydroxyl groups is 1. The first-order valence-electron chi connectivity index (χ1n) is 6.66. The Labute approximate surface area is 136 Å². The van der Waals surface area contributed by atoms with Gasteiger partial charge in [0.1, 0.15) is 0 Å². The van der Waals surface area contributed by atoms with Crippen molar-refractivity contribution in [3.63, 3.8) is 0 Å². The molecular formula is C14H22Cl2N2O3. The van der Waals surface area contributed by atoms with Gasteiger partial charge < -0.3 is 25.2 Å². The standard InChI is InChI=1S/C14H21ClN2O3.ClH/c1-19-12-4-3-9(13(15)14(12)20-2)5-16-6-10-7-17-8-11(10)18;/h3-4,10-11,16-18H,5-8H2,1-2H3;1H. The van der Waals surface area contributed by atoms with E-state index in [0.717, 1.165) is 18.7 Å². The minimum Gasteiger partial charge on any atom is -0.493 e. The Hall–Kier alpha value is -0.720. The predicted molar refractivity (Wildman–Crippen MR) is 85.9 cm³/mol. The molecule has 1 fully saturated rings. The minimum atomic E-state index is -0.275. The quantitative estimate of drug-likeness (QED) is 0.733. The molecule has 5 nitrogen and oxygen atoms in total. The molecule has 0 bridgehead atoms. The normalized spacial score (nSPS) is 21.0. The van der Waals surface area contributed by atoms with Crippen LogP contribution >= 0.6 is 24.0 Å². The van der Waals surface area contributed by atoms with E-state index in [1.165, 1.54) is 0 Å². The molecule has 1 aliphatic heterocycles. The maximum atomic E-state index is 9.73. The number of nitrogens with one attached hydrogen (secondary N) is 2. The first kappa shape index (κ1) is 18.3. The number of β-amino-alcohol motifs (C(OH)–C–C–N with tert-alkyl or cyclic N) is 1. The van der Waals surface area contributed by atoms with E-state index in [0.29, 0.717) is 29.6 Å². The molecule has 1 aromatic carbocycles. The molecule has 7 heteroatoms. The third-order valence-electron chi connectivity index (χ3n) is 3.59. The summed E-state index contributed by atoms with van der Waals surface area (Å²) in [6, 6.07) is 3.76. The van der Waals surface area contributed by atoms with Crippen LogP contribution in [0.2, 0.25) is 5.02 Å². The topological polar surface area (TPSA) is 62.8 Å². The van der Waals surface area contributed by atoms with Crippen LogP contribution in [0, 0.1) is 5.92 Å². The van der Waals surface area contributed by atoms with Crippen molar-refractivity contribution in [3.8, 4) is 11.5 Å². The van der Waals surface area contributed by atoms with Crippen molar-refractivity contribution in [2.75, 3.05) is 33.9 Å². The monoisotopic (exact) mass is 336 g/mol. The van der Waals surface area contributed by atoms with E-state index in [1.54, 1.807) is 14.2 Å². The number of rotatable bonds is 6. The Bertz CT molecular complexity index is 460. The van der Waals surface area contributed by atoms with Crippen LogP contribution in [-0.2, 0) is 6.54 Å². The summed E-state index contributed by atoms with van der Waals surface area (Å²) in [5.41, 5.74) is 0.949. The zero-order chi connectivity index (χ0) is 14.5. The Morgan fingerprint density at radius 3 is 2.67 bits per heavy atom. The molecule has 0 amide bonds. The summed E-state index contributed by atoms with van der Waals surface area (Å²) >= 11 is 6.31. The lowest BCUT2D eigenvalue weighted by atomic mass is 10.1. The van der Waals surface area contributed by atoms with Crippen molar-refractivity contribution in [1.29, 1.82) is 0 Å². The number of hydrogen-bond donors (Lipinski definition) is 3. The van der Waals surface area contributed by atoms with Crippen LogP contribution in [0.15, 0.2) is 12.1 Å². The van der Waals surface area contributed by atoms with Gasteiger partial charge in [0.25, 0.3) is 0 Å². The highest BCUT2D eigenvalue weighted by molar-refractivity contribution is 6.33. The second kappa shape index (κ2) is 8.66. The van der Waals surface area contributed by atoms with Gasteiger partial charge in [0.15, 0.2) is 11.5 Å². The van der Waals surface area contributed by atoms with Gasteiger partial charge in [0.2, 0.25) is 0 Å². The van der Waals surface area contributed by atoms with Crippen LogP contribution in [-0.4, -0.2) is 45.1 Å². The molecule has 3 N–H and O–H groups in total. The summed E-state index contributed by atoms with van der Waals surface area (Å²) < 4.78 is 10.5. The second-order valence-corrected chi connectivity index (χ2v) is 5.27. The Balaban J connectivity index is 0.00000220. The van der Waals surface area contributed by atoms with Gasteiger partial charge in [0, 0.05) is 32.1 Å². The van der Waals surface area contributed by atoms with Crippen LogP contribution in [0.3, 0.4) is 0 Å². The third-order valence-corrected chi connectivity index (χ3v) is 4.01. The number of halogens is 2. The zero-order valence-corrected chi connectivity index (χ0v) is 13.8. The average molecular weight is 337 g/mol. The molecule has 0 spiro atoms. The van der Waals surface area contributed by atoms with Gasteiger partial charge in [0.05, 0.1) is 25.3 Å². The summed E-state index contributed by atoms with van der Waals surface area (Å²) in [4.78, 5) is 0. The minimum absolute atomic E-state index is 0. The van der Waals surface area contributed by atoms with Gasteiger partial charge in [-0.15, -0.1) is 12.4 Å². The largest absolute Gasteiger partial charge is 0.493 e. The third kappa shape index (κ3) is 4.37. The molecular weight excluding hydrogens is 315 g/mol. The summed E-state index contributed by atoms with van der Waals surface area (Å²) in [5.74, 6) is 1.42. The molecule has 2 rings (SSSR count). The fourth-order valence-corrected chi connectivity index (χ4v) is 2.69. The van der Waals surface area contributed by atoms with Gasteiger partial charge in [-0.1, -0.05) is 17.7 Å². The zero-order valence-electron chi connectivity index (χ0n) is 12.2. The van der Waals surface area contributed by atoms with Crippen molar-refractivity contribution in [2.45, 2.75) is 12.6 Å². The first-order chi connectivity index (χ1) is 9.67. The average Bonchev–Trinajstić information content (AvgIpc) is 2.86. The highest BCUT2D eigenvalue weighted by Gasteiger charge is 2.24. The predicted octanol–water partition coefficient (Wildman–Crippen LogP) is 1.45. The lowest BCUT2D eigenvalue weighted by Gasteiger charge is -2.16. The van der Waals surface area contributed by atoms with Gasteiger partial charge in [-0.05, 0) is 11.6 Å². The fourth-order valence-electron chi connectivity index (χ4n) is 2.39. The molecule has 1 aromatic rings. The lowest BCUT2D eigenvalue weighted by molar-refractivity contribution is 0.146. The van der Waals surface area contributed by atoms with Crippen LogP contribution in [0.5, 0.6) is 11.5 Å². The van der Waals surface area contributed by atoms with Crippen LogP contribution in [0.1, 0.15) is 5.56 Å². The molecule has 1 saturated heterocycles. The SMILES string of the molecule is COc1ccc(CNCC2CNCC2O)c(Cl)c1OC.Cl. The highest BCUT2D eigenvalue weighted by atomic mass is 35.5. The molecule has 2 atom stereocenters. The first-order valence-corrected chi connectivity index (χ1v) is 7.04. The van der Waals surface area contributed by atoms with Crippen molar-refractivity contribution in [1.82, 2.24) is 10.6 Å². The van der Waals surface area contributed by atoms with Crippen LogP contribution in [0.25, 0.3) is 0 Å². The smallest absolute Gasteiger partial charge is 0.179 e. The van der Waals surface area contributed by atoms with Crippen molar-refractivity contribution >= 4 is 24.0 Å². The van der Waals surface area contributed by atoms with E-state index < -0.39 is 0 Å². The van der Waals surface area contributed by atoms with Gasteiger partial charge in [-0.3, -0.25) is 0 Å². The molecule has 0 saturated carbocycles. The van der Waals surface area contributed by atoms with Crippen LogP contribution < -0.4 is 20.1 Å². The van der Waals surface area contributed by atoms with Crippen molar-refractivity contribution in [3.05, 3.63) is 22.7 Å². The molecule has 0 aliphatic carbocycles. The molecule has 0 radical (unpaired) electrons. The van der Waals surface area contributed by atoms with Crippen molar-refractivity contribution in [2.24, 2.45) is 5.92 Å². The van der Waals surface area contributed by atoms with Gasteiger partial charge in [-0.25, -0.2) is 0 Å². The Morgan fingerprint density at radius 1 is 1.33 bits per heavy atom. The van der Waals surface area contributed by atoms with E-state index in [4.69, 9.17) is 21.1 Å². The number of methoxy groups -OCH3 is 2. The summed E-state index contributed by atoms with van der Waals surface area (Å²) in [6.45, 7) is 2.89. The Kier molecular flexibility index (Phi) is 7.56. The number of hydrogen-bond acceptors (Lipinski definition) is 5. The Morgan fingerprint density at radius 2 is 2.10 bits per heavy atom. The second-order valence-electron chi connectivity index (χ2n) is 4.89. The molecule has 21 heavy (non-hydrogen) atoms. The number of benzene rings is 1. The van der Waals surface area contributed by atoms with Crippen LogP contribution in [0.4, 0.5) is 0 Å². The highest BCUT2D eigenvalue weighted by Crippen LogP contribution is 2.37. The molecule has 1 heterocycles. The number of aliphatic hydroxyl groups excluding tert-OH is 1. The number of ether oxygens (including phenoxy) is 2. The summed E-state index contributed by atoms with van der Waals surface area (Å²) in [7, 11) is 3.15. The molecule has 0 aromatic heterocycles. The lowest BCUT2D eigenvalue weighted by Crippen LogP contribution is -2.30. The molecule has 120 valence electrons.